The van der Waals surface area contributed by atoms with Crippen LogP contribution < -0.4 is 0 Å². The molecular formula is C23H28O2. The molecule has 0 saturated carbocycles. The average Bonchev–Trinajstić information content (AvgIpc) is 2.53. The highest BCUT2D eigenvalue weighted by atomic mass is 16.5. The molecule has 1 aromatic rings. The lowest BCUT2D eigenvalue weighted by atomic mass is 9.87. The number of ketones is 1. The van der Waals surface area contributed by atoms with Gasteiger partial charge in [-0.15, -0.1) is 0 Å². The molecule has 0 fully saturated rings. The molecule has 2 nitrogen and oxygen atoms in total. The molecular weight excluding hydrogens is 308 g/mol. The Labute approximate surface area is 151 Å². The zero-order chi connectivity index (χ0) is 18.7. The van der Waals surface area contributed by atoms with Crippen molar-refractivity contribution in [2.45, 2.75) is 41.5 Å². The van der Waals surface area contributed by atoms with Crippen LogP contribution in [0.3, 0.4) is 0 Å². The maximum absolute atomic E-state index is 12.2. The first kappa shape index (κ1) is 19.0. The Morgan fingerprint density at radius 3 is 1.88 bits per heavy atom. The molecule has 0 aliphatic carbocycles. The normalized spacial score (nSPS) is 15.5. The molecule has 0 amide bonds. The van der Waals surface area contributed by atoms with E-state index in [-0.39, 0.29) is 16.6 Å². The lowest BCUT2D eigenvalue weighted by molar-refractivity contribution is 0.104. The standard InChI is InChI=1S/C23H28O2/c1-22(2,3)20-15-17(16-21(25-20)23(4,5)6)11-10-14-19(24)18-12-8-7-9-13-18/h7-16H,1-6H3/b14-10+. The van der Waals surface area contributed by atoms with Crippen LogP contribution in [0.1, 0.15) is 51.9 Å². The lowest BCUT2D eigenvalue weighted by Crippen LogP contribution is -2.21. The van der Waals surface area contributed by atoms with Crippen LogP contribution >= 0.6 is 0 Å². The van der Waals surface area contributed by atoms with E-state index in [2.05, 4.69) is 41.5 Å². The van der Waals surface area contributed by atoms with Crippen molar-refractivity contribution in [1.82, 2.24) is 0 Å². The van der Waals surface area contributed by atoms with E-state index in [4.69, 9.17) is 4.74 Å². The zero-order valence-corrected chi connectivity index (χ0v) is 16.1. The molecule has 25 heavy (non-hydrogen) atoms. The van der Waals surface area contributed by atoms with Crippen molar-refractivity contribution in [3.63, 3.8) is 0 Å². The van der Waals surface area contributed by atoms with E-state index in [0.717, 1.165) is 17.1 Å². The Balaban J connectivity index is 2.27. The van der Waals surface area contributed by atoms with Gasteiger partial charge in [0.15, 0.2) is 5.78 Å². The second kappa shape index (κ2) is 7.26. The fourth-order valence-corrected chi connectivity index (χ4v) is 2.30. The first-order valence-electron chi connectivity index (χ1n) is 8.67. The van der Waals surface area contributed by atoms with Gasteiger partial charge < -0.3 is 4.74 Å². The first-order valence-corrected chi connectivity index (χ1v) is 8.67. The molecule has 132 valence electrons. The van der Waals surface area contributed by atoms with Crippen molar-refractivity contribution >= 4 is 5.78 Å². The van der Waals surface area contributed by atoms with Gasteiger partial charge in [0.05, 0.1) is 0 Å². The maximum Gasteiger partial charge on any atom is 0.185 e. The molecule has 0 saturated heterocycles. The number of hydrogen-bond acceptors (Lipinski definition) is 2. The van der Waals surface area contributed by atoms with Crippen molar-refractivity contribution in [2.24, 2.45) is 10.8 Å². The van der Waals surface area contributed by atoms with Crippen LogP contribution in [0.25, 0.3) is 0 Å². The predicted octanol–water partition coefficient (Wildman–Crippen LogP) is 6.24. The van der Waals surface area contributed by atoms with E-state index in [0.29, 0.717) is 5.56 Å². The summed E-state index contributed by atoms with van der Waals surface area (Å²) in [5.41, 5.74) is 1.58. The highest BCUT2D eigenvalue weighted by molar-refractivity contribution is 6.04. The summed E-state index contributed by atoms with van der Waals surface area (Å²) in [5.74, 6) is 1.88. The molecule has 0 spiro atoms. The van der Waals surface area contributed by atoms with Gasteiger partial charge in [0.2, 0.25) is 0 Å². The van der Waals surface area contributed by atoms with Crippen molar-refractivity contribution in [3.05, 3.63) is 83.4 Å². The molecule has 1 aliphatic heterocycles. The smallest absolute Gasteiger partial charge is 0.185 e. The van der Waals surface area contributed by atoms with Crippen molar-refractivity contribution in [3.8, 4) is 0 Å². The number of benzene rings is 1. The Morgan fingerprint density at radius 2 is 1.40 bits per heavy atom. The molecule has 0 bridgehead atoms. The monoisotopic (exact) mass is 336 g/mol. The van der Waals surface area contributed by atoms with Crippen LogP contribution in [0.5, 0.6) is 0 Å². The molecule has 0 unspecified atom stereocenters. The summed E-state index contributed by atoms with van der Waals surface area (Å²) < 4.78 is 6.13. The van der Waals surface area contributed by atoms with Gasteiger partial charge in [-0.05, 0) is 23.8 Å². The highest BCUT2D eigenvalue weighted by Crippen LogP contribution is 2.38. The van der Waals surface area contributed by atoms with Gasteiger partial charge in [-0.2, -0.15) is 0 Å². The third-order valence-electron chi connectivity index (χ3n) is 3.89. The Hall–Kier alpha value is -2.35. The number of ether oxygens (including phenoxy) is 1. The quantitative estimate of drug-likeness (QED) is 0.482. The van der Waals surface area contributed by atoms with E-state index >= 15 is 0 Å². The summed E-state index contributed by atoms with van der Waals surface area (Å²) in [4.78, 5) is 12.2. The lowest BCUT2D eigenvalue weighted by Gasteiger charge is -2.32. The molecule has 1 aromatic carbocycles. The van der Waals surface area contributed by atoms with E-state index in [1.54, 1.807) is 6.08 Å². The van der Waals surface area contributed by atoms with Gasteiger partial charge >= 0.3 is 0 Å². The average molecular weight is 336 g/mol. The van der Waals surface area contributed by atoms with Crippen LogP contribution in [0.2, 0.25) is 0 Å². The van der Waals surface area contributed by atoms with Crippen LogP contribution in [0.15, 0.2) is 77.8 Å². The summed E-state index contributed by atoms with van der Waals surface area (Å²) in [5, 5.41) is 0. The zero-order valence-electron chi connectivity index (χ0n) is 16.1. The summed E-state index contributed by atoms with van der Waals surface area (Å²) in [6.45, 7) is 12.8. The van der Waals surface area contributed by atoms with E-state index < -0.39 is 0 Å². The van der Waals surface area contributed by atoms with Crippen LogP contribution in [-0.4, -0.2) is 5.78 Å². The third-order valence-corrected chi connectivity index (χ3v) is 3.89. The summed E-state index contributed by atoms with van der Waals surface area (Å²) in [6.07, 6.45) is 9.47. The van der Waals surface area contributed by atoms with Crippen LogP contribution in [0, 0.1) is 10.8 Å². The van der Waals surface area contributed by atoms with Crippen molar-refractivity contribution in [1.29, 1.82) is 0 Å². The summed E-state index contributed by atoms with van der Waals surface area (Å²) in [6, 6.07) is 9.29. The predicted molar refractivity (Wildman–Crippen MR) is 104 cm³/mol. The molecule has 2 heteroatoms. The van der Waals surface area contributed by atoms with E-state index in [1.807, 2.05) is 54.6 Å². The third kappa shape index (κ3) is 5.32. The second-order valence-electron chi connectivity index (χ2n) is 8.38. The minimum atomic E-state index is -0.0760. The van der Waals surface area contributed by atoms with Crippen LogP contribution in [0.4, 0.5) is 0 Å². The highest BCUT2D eigenvalue weighted by Gasteiger charge is 2.28. The topological polar surface area (TPSA) is 26.3 Å². The Morgan fingerprint density at radius 1 is 0.880 bits per heavy atom. The van der Waals surface area contributed by atoms with E-state index in [1.165, 1.54) is 0 Å². The molecule has 1 heterocycles. The molecule has 1 aliphatic rings. The molecule has 0 N–H and O–H groups in total. The van der Waals surface area contributed by atoms with Gasteiger partial charge in [-0.1, -0.05) is 84.0 Å². The number of carbonyl (C=O) groups is 1. The summed E-state index contributed by atoms with van der Waals surface area (Å²) in [7, 11) is 0. The van der Waals surface area contributed by atoms with E-state index in [9.17, 15) is 4.79 Å². The van der Waals surface area contributed by atoms with Gasteiger partial charge in [0.25, 0.3) is 0 Å². The molecule has 0 aromatic heterocycles. The van der Waals surface area contributed by atoms with Gasteiger partial charge in [0, 0.05) is 16.4 Å². The largest absolute Gasteiger partial charge is 0.465 e. The fourth-order valence-electron chi connectivity index (χ4n) is 2.30. The molecule has 0 radical (unpaired) electrons. The first-order chi connectivity index (χ1) is 11.6. The minimum absolute atomic E-state index is 0.00422. The van der Waals surface area contributed by atoms with Gasteiger partial charge in [0.1, 0.15) is 11.5 Å². The fraction of sp³-hybridized carbons (Fsp3) is 0.348. The number of hydrogen-bond donors (Lipinski definition) is 0. The number of carbonyl (C=O) groups excluding carboxylic acids is 1. The summed E-state index contributed by atoms with van der Waals surface area (Å²) >= 11 is 0. The Bertz CT molecular complexity index is 714. The van der Waals surface area contributed by atoms with Gasteiger partial charge in [-0.3, -0.25) is 4.79 Å². The second-order valence-corrected chi connectivity index (χ2v) is 8.38. The number of allylic oxidation sites excluding steroid dienone is 8. The number of rotatable bonds is 3. The van der Waals surface area contributed by atoms with Crippen molar-refractivity contribution in [2.75, 3.05) is 0 Å². The molecule has 0 atom stereocenters. The SMILES string of the molecule is CC(C)(C)C1=CC(=C/C=C/C(=O)c2ccccc2)C=C(C(C)(C)C)O1. The maximum atomic E-state index is 12.2. The molecule has 2 rings (SSSR count). The van der Waals surface area contributed by atoms with Crippen LogP contribution in [-0.2, 0) is 4.74 Å². The van der Waals surface area contributed by atoms with Gasteiger partial charge in [-0.25, -0.2) is 0 Å². The Kier molecular flexibility index (Phi) is 5.52. The van der Waals surface area contributed by atoms with Crippen molar-refractivity contribution < 1.29 is 9.53 Å². The minimum Gasteiger partial charge on any atom is -0.465 e.